The zero-order valence-electron chi connectivity index (χ0n) is 17.8. The summed E-state index contributed by atoms with van der Waals surface area (Å²) in [5.41, 5.74) is 5.57. The number of carbonyl (C=O) groups is 2. The van der Waals surface area contributed by atoms with Gasteiger partial charge in [0.25, 0.3) is 5.91 Å². The molecule has 0 fully saturated rings. The van der Waals surface area contributed by atoms with E-state index in [-0.39, 0.29) is 12.5 Å². The van der Waals surface area contributed by atoms with Crippen molar-refractivity contribution >= 4 is 17.6 Å². The fraction of sp³-hybridized carbons (Fsp3) is 0.280. The molecule has 0 unspecified atom stereocenters. The van der Waals surface area contributed by atoms with Crippen LogP contribution < -0.4 is 5.32 Å². The molecule has 156 valence electrons. The molecule has 0 saturated carbocycles. The fourth-order valence-corrected chi connectivity index (χ4v) is 3.37. The highest BCUT2D eigenvalue weighted by Crippen LogP contribution is 2.17. The zero-order chi connectivity index (χ0) is 21.5. The van der Waals surface area contributed by atoms with Crippen LogP contribution in [0.4, 0.5) is 5.69 Å². The van der Waals surface area contributed by atoms with E-state index in [0.717, 1.165) is 36.3 Å². The SMILES string of the molecule is CCCCc1ccc(NC(=O)COC(=O)c2ccc(-n3c(C)ccc3C)cc2)cc1. The van der Waals surface area contributed by atoms with Crippen molar-refractivity contribution in [1.82, 2.24) is 4.57 Å². The van der Waals surface area contributed by atoms with Gasteiger partial charge in [0, 0.05) is 22.8 Å². The molecular weight excluding hydrogens is 376 g/mol. The first kappa shape index (κ1) is 21.4. The Balaban J connectivity index is 1.52. The van der Waals surface area contributed by atoms with Crippen molar-refractivity contribution in [3.05, 3.63) is 83.2 Å². The molecular formula is C25H28N2O3. The molecule has 0 saturated heterocycles. The van der Waals surface area contributed by atoms with E-state index in [1.807, 2.05) is 50.2 Å². The van der Waals surface area contributed by atoms with Gasteiger partial charge in [-0.2, -0.15) is 0 Å². The number of nitrogens with one attached hydrogen (secondary N) is 1. The summed E-state index contributed by atoms with van der Waals surface area (Å²) in [5.74, 6) is -0.882. The van der Waals surface area contributed by atoms with Crippen molar-refractivity contribution in [3.63, 3.8) is 0 Å². The number of anilines is 1. The van der Waals surface area contributed by atoms with Gasteiger partial charge < -0.3 is 14.6 Å². The number of unbranched alkanes of at least 4 members (excludes halogenated alkanes) is 1. The number of hydrogen-bond acceptors (Lipinski definition) is 3. The van der Waals surface area contributed by atoms with Crippen LogP contribution in [0.2, 0.25) is 0 Å². The van der Waals surface area contributed by atoms with Gasteiger partial charge >= 0.3 is 5.97 Å². The maximum absolute atomic E-state index is 12.3. The lowest BCUT2D eigenvalue weighted by molar-refractivity contribution is -0.119. The van der Waals surface area contributed by atoms with Gasteiger partial charge in [0.15, 0.2) is 6.61 Å². The molecule has 3 aromatic rings. The summed E-state index contributed by atoms with van der Waals surface area (Å²) < 4.78 is 7.27. The summed E-state index contributed by atoms with van der Waals surface area (Å²) in [7, 11) is 0. The molecule has 0 atom stereocenters. The van der Waals surface area contributed by atoms with E-state index in [1.54, 1.807) is 12.1 Å². The average Bonchev–Trinajstić information content (AvgIpc) is 3.09. The second-order valence-electron chi connectivity index (χ2n) is 7.42. The van der Waals surface area contributed by atoms with Gasteiger partial charge in [0.2, 0.25) is 0 Å². The first-order valence-corrected chi connectivity index (χ1v) is 10.3. The lowest BCUT2D eigenvalue weighted by Gasteiger charge is -2.10. The van der Waals surface area contributed by atoms with E-state index in [4.69, 9.17) is 4.74 Å². The molecule has 0 radical (unpaired) electrons. The van der Waals surface area contributed by atoms with Gasteiger partial charge in [-0.1, -0.05) is 25.5 Å². The minimum absolute atomic E-state index is 0.325. The van der Waals surface area contributed by atoms with Crippen molar-refractivity contribution in [3.8, 4) is 5.69 Å². The number of hydrogen-bond donors (Lipinski definition) is 1. The Bertz CT molecular complexity index is 982. The monoisotopic (exact) mass is 404 g/mol. The van der Waals surface area contributed by atoms with E-state index in [0.29, 0.717) is 11.3 Å². The smallest absolute Gasteiger partial charge is 0.338 e. The van der Waals surface area contributed by atoms with Gasteiger partial charge in [-0.15, -0.1) is 0 Å². The van der Waals surface area contributed by atoms with E-state index >= 15 is 0 Å². The quantitative estimate of drug-likeness (QED) is 0.523. The first-order valence-electron chi connectivity index (χ1n) is 10.3. The Labute approximate surface area is 177 Å². The maximum atomic E-state index is 12.3. The third-order valence-electron chi connectivity index (χ3n) is 5.02. The molecule has 0 aliphatic rings. The van der Waals surface area contributed by atoms with Gasteiger partial charge in [-0.3, -0.25) is 4.79 Å². The minimum atomic E-state index is -0.521. The Kier molecular flexibility index (Phi) is 7.07. The molecule has 0 aliphatic heterocycles. The van der Waals surface area contributed by atoms with Crippen LogP contribution in [0.15, 0.2) is 60.7 Å². The molecule has 5 heteroatoms. The number of aromatic nitrogens is 1. The Hall–Kier alpha value is -3.34. The van der Waals surface area contributed by atoms with Crippen molar-refractivity contribution < 1.29 is 14.3 Å². The second-order valence-corrected chi connectivity index (χ2v) is 7.42. The summed E-state index contributed by atoms with van der Waals surface area (Å²) in [6, 6.07) is 19.0. The molecule has 5 nitrogen and oxygen atoms in total. The van der Waals surface area contributed by atoms with E-state index in [2.05, 4.69) is 28.9 Å². The largest absolute Gasteiger partial charge is 0.452 e. The summed E-state index contributed by atoms with van der Waals surface area (Å²) >= 11 is 0. The van der Waals surface area contributed by atoms with Crippen LogP contribution in [0.5, 0.6) is 0 Å². The molecule has 30 heavy (non-hydrogen) atoms. The third kappa shape index (κ3) is 5.38. The van der Waals surface area contributed by atoms with E-state index in [9.17, 15) is 9.59 Å². The molecule has 1 amide bonds. The van der Waals surface area contributed by atoms with Crippen LogP contribution in [0.1, 0.15) is 47.1 Å². The standard InChI is InChI=1S/C25H28N2O3/c1-4-5-6-20-9-13-22(14-10-20)26-24(28)17-30-25(29)21-11-15-23(16-12-21)27-18(2)7-8-19(27)3/h7-16H,4-6,17H2,1-3H3,(H,26,28). The Morgan fingerprint density at radius 1 is 0.900 bits per heavy atom. The molecule has 1 heterocycles. The molecule has 1 N–H and O–H groups in total. The number of aryl methyl sites for hydroxylation is 3. The van der Waals surface area contributed by atoms with Crippen molar-refractivity contribution in [2.24, 2.45) is 0 Å². The third-order valence-corrected chi connectivity index (χ3v) is 5.02. The fourth-order valence-electron chi connectivity index (χ4n) is 3.37. The molecule has 0 bridgehead atoms. The van der Waals surface area contributed by atoms with Crippen molar-refractivity contribution in [1.29, 1.82) is 0 Å². The normalized spacial score (nSPS) is 10.6. The number of benzene rings is 2. The molecule has 0 aliphatic carbocycles. The predicted octanol–water partition coefficient (Wildman–Crippen LogP) is 5.23. The number of esters is 1. The number of rotatable bonds is 8. The molecule has 1 aromatic heterocycles. The lowest BCUT2D eigenvalue weighted by atomic mass is 10.1. The zero-order valence-corrected chi connectivity index (χ0v) is 17.8. The average molecular weight is 405 g/mol. The number of ether oxygens (including phenoxy) is 1. The van der Waals surface area contributed by atoms with Crippen LogP contribution in [-0.2, 0) is 16.0 Å². The van der Waals surface area contributed by atoms with Crippen LogP contribution >= 0.6 is 0 Å². The van der Waals surface area contributed by atoms with Gasteiger partial charge in [-0.25, -0.2) is 4.79 Å². The highest BCUT2D eigenvalue weighted by molar-refractivity contribution is 5.95. The number of nitrogens with zero attached hydrogens (tertiary/aromatic N) is 1. The van der Waals surface area contributed by atoms with Gasteiger partial charge in [0.05, 0.1) is 5.56 Å². The van der Waals surface area contributed by atoms with Crippen molar-refractivity contribution in [2.45, 2.75) is 40.0 Å². The van der Waals surface area contributed by atoms with Gasteiger partial charge in [0.1, 0.15) is 0 Å². The van der Waals surface area contributed by atoms with Crippen LogP contribution in [-0.4, -0.2) is 23.1 Å². The second kappa shape index (κ2) is 9.92. The van der Waals surface area contributed by atoms with E-state index in [1.165, 1.54) is 5.56 Å². The maximum Gasteiger partial charge on any atom is 0.338 e. The predicted molar refractivity (Wildman–Crippen MR) is 119 cm³/mol. The van der Waals surface area contributed by atoms with Crippen molar-refractivity contribution in [2.75, 3.05) is 11.9 Å². The van der Waals surface area contributed by atoms with Crippen LogP contribution in [0, 0.1) is 13.8 Å². The molecule has 0 spiro atoms. The topological polar surface area (TPSA) is 60.3 Å². The summed E-state index contributed by atoms with van der Waals surface area (Å²) in [6.07, 6.45) is 3.33. The lowest BCUT2D eigenvalue weighted by Crippen LogP contribution is -2.21. The highest BCUT2D eigenvalue weighted by atomic mass is 16.5. The highest BCUT2D eigenvalue weighted by Gasteiger charge is 2.11. The Morgan fingerprint density at radius 3 is 2.13 bits per heavy atom. The summed E-state index contributed by atoms with van der Waals surface area (Å²) in [5, 5.41) is 2.75. The first-order chi connectivity index (χ1) is 14.5. The Morgan fingerprint density at radius 2 is 1.53 bits per heavy atom. The molecule has 3 rings (SSSR count). The number of amides is 1. The van der Waals surface area contributed by atoms with Gasteiger partial charge in [-0.05, 0) is 80.8 Å². The minimum Gasteiger partial charge on any atom is -0.452 e. The molecule has 2 aromatic carbocycles. The van der Waals surface area contributed by atoms with E-state index < -0.39 is 5.97 Å². The summed E-state index contributed by atoms with van der Waals surface area (Å²) in [6.45, 7) is 5.90. The van der Waals surface area contributed by atoms with Crippen LogP contribution in [0.25, 0.3) is 5.69 Å². The summed E-state index contributed by atoms with van der Waals surface area (Å²) in [4.78, 5) is 24.4. The van der Waals surface area contributed by atoms with Crippen LogP contribution in [0.3, 0.4) is 0 Å². The number of carbonyl (C=O) groups excluding carboxylic acids is 2.